The van der Waals surface area contributed by atoms with Crippen molar-refractivity contribution in [3.8, 4) is 11.5 Å². The predicted molar refractivity (Wildman–Crippen MR) is 97.4 cm³/mol. The van der Waals surface area contributed by atoms with Crippen LogP contribution < -0.4 is 20.3 Å². The zero-order chi connectivity index (χ0) is 18.5. The second-order valence-corrected chi connectivity index (χ2v) is 5.64. The number of nitrogens with one attached hydrogen (secondary N) is 1. The van der Waals surface area contributed by atoms with E-state index in [4.69, 9.17) is 9.47 Å². The Morgan fingerprint density at radius 1 is 1.12 bits per heavy atom. The monoisotopic (exact) mass is 353 g/mol. The molecule has 1 amide bonds. The molecule has 3 aromatic rings. The summed E-state index contributed by atoms with van der Waals surface area (Å²) in [5, 5.41) is 2.81. The topological polar surface area (TPSA) is 82.5 Å². The molecule has 0 aliphatic rings. The van der Waals surface area contributed by atoms with Gasteiger partial charge in [0.05, 0.1) is 31.4 Å². The SMILES string of the molecule is COc1ccc(CNC(=O)Cn2c(=O)cnc3ccccc32)cc1OC. The summed E-state index contributed by atoms with van der Waals surface area (Å²) in [5.41, 5.74) is 1.84. The Balaban J connectivity index is 1.72. The molecule has 3 rings (SSSR count). The van der Waals surface area contributed by atoms with E-state index in [1.54, 1.807) is 38.5 Å². The average Bonchev–Trinajstić information content (AvgIpc) is 2.68. The fraction of sp³-hybridized carbons (Fsp3) is 0.211. The molecule has 26 heavy (non-hydrogen) atoms. The van der Waals surface area contributed by atoms with Gasteiger partial charge in [-0.15, -0.1) is 0 Å². The van der Waals surface area contributed by atoms with Crippen molar-refractivity contribution in [1.82, 2.24) is 14.9 Å². The number of amides is 1. The van der Waals surface area contributed by atoms with Crippen molar-refractivity contribution < 1.29 is 14.3 Å². The van der Waals surface area contributed by atoms with Crippen LogP contribution in [0.15, 0.2) is 53.5 Å². The van der Waals surface area contributed by atoms with Crippen LogP contribution >= 0.6 is 0 Å². The first kappa shape index (κ1) is 17.5. The van der Waals surface area contributed by atoms with Crippen molar-refractivity contribution in [2.24, 2.45) is 0 Å². The normalized spacial score (nSPS) is 10.5. The highest BCUT2D eigenvalue weighted by Crippen LogP contribution is 2.27. The molecule has 7 nitrogen and oxygen atoms in total. The highest BCUT2D eigenvalue weighted by atomic mass is 16.5. The molecule has 0 aliphatic carbocycles. The van der Waals surface area contributed by atoms with Gasteiger partial charge in [-0.1, -0.05) is 18.2 Å². The van der Waals surface area contributed by atoms with E-state index in [1.165, 1.54) is 10.8 Å². The number of nitrogens with zero attached hydrogens (tertiary/aromatic N) is 2. The Morgan fingerprint density at radius 3 is 2.65 bits per heavy atom. The van der Waals surface area contributed by atoms with Crippen molar-refractivity contribution in [3.05, 3.63) is 64.6 Å². The lowest BCUT2D eigenvalue weighted by atomic mass is 10.2. The van der Waals surface area contributed by atoms with Gasteiger partial charge < -0.3 is 14.8 Å². The van der Waals surface area contributed by atoms with Gasteiger partial charge in [0.2, 0.25) is 5.91 Å². The number of fused-ring (bicyclic) bond motifs is 1. The molecule has 1 N–H and O–H groups in total. The van der Waals surface area contributed by atoms with Crippen molar-refractivity contribution in [1.29, 1.82) is 0 Å². The molecule has 1 aromatic heterocycles. The summed E-state index contributed by atoms with van der Waals surface area (Å²) in [7, 11) is 3.12. The predicted octanol–water partition coefficient (Wildman–Crippen LogP) is 1.73. The number of carbonyl (C=O) groups excluding carboxylic acids is 1. The van der Waals surface area contributed by atoms with Crippen LogP contribution in [0.2, 0.25) is 0 Å². The average molecular weight is 353 g/mol. The summed E-state index contributed by atoms with van der Waals surface area (Å²) in [6.07, 6.45) is 1.23. The first-order valence-corrected chi connectivity index (χ1v) is 8.04. The van der Waals surface area contributed by atoms with Crippen LogP contribution in [0, 0.1) is 0 Å². The number of methoxy groups -OCH3 is 2. The van der Waals surface area contributed by atoms with Gasteiger partial charge in [0, 0.05) is 6.54 Å². The molecule has 0 bridgehead atoms. The van der Waals surface area contributed by atoms with E-state index in [0.717, 1.165) is 5.56 Å². The zero-order valence-electron chi connectivity index (χ0n) is 14.6. The largest absolute Gasteiger partial charge is 0.493 e. The summed E-state index contributed by atoms with van der Waals surface area (Å²) < 4.78 is 11.9. The molecule has 0 saturated carbocycles. The Kier molecular flexibility index (Phi) is 5.17. The van der Waals surface area contributed by atoms with E-state index in [9.17, 15) is 9.59 Å². The maximum atomic E-state index is 12.3. The molecule has 7 heteroatoms. The standard InChI is InChI=1S/C19H19N3O4/c1-25-16-8-7-13(9-17(16)26-2)10-21-18(23)12-22-15-6-4-3-5-14(15)20-11-19(22)24/h3-9,11H,10,12H2,1-2H3,(H,21,23). The van der Waals surface area contributed by atoms with Gasteiger partial charge in [-0.2, -0.15) is 0 Å². The summed E-state index contributed by atoms with van der Waals surface area (Å²) >= 11 is 0. The minimum atomic E-state index is -0.315. The summed E-state index contributed by atoms with van der Waals surface area (Å²) in [6, 6.07) is 12.6. The Bertz CT molecular complexity index is 997. The second kappa shape index (κ2) is 7.69. The first-order chi connectivity index (χ1) is 12.6. The maximum absolute atomic E-state index is 12.3. The minimum Gasteiger partial charge on any atom is -0.493 e. The molecule has 0 aliphatic heterocycles. The Morgan fingerprint density at radius 2 is 1.88 bits per heavy atom. The molecule has 134 valence electrons. The molecular weight excluding hydrogens is 334 g/mol. The molecule has 0 atom stereocenters. The number of carbonyl (C=O) groups is 1. The van der Waals surface area contributed by atoms with Crippen LogP contribution in [0.25, 0.3) is 11.0 Å². The fourth-order valence-corrected chi connectivity index (χ4v) is 2.67. The van der Waals surface area contributed by atoms with E-state index in [1.807, 2.05) is 18.2 Å². The van der Waals surface area contributed by atoms with Crippen LogP contribution in [0.1, 0.15) is 5.56 Å². The lowest BCUT2D eigenvalue weighted by molar-refractivity contribution is -0.121. The summed E-state index contributed by atoms with van der Waals surface area (Å²) in [5.74, 6) is 0.950. The van der Waals surface area contributed by atoms with Crippen LogP contribution in [-0.4, -0.2) is 29.7 Å². The van der Waals surface area contributed by atoms with Gasteiger partial charge in [-0.05, 0) is 29.8 Å². The van der Waals surface area contributed by atoms with Gasteiger partial charge in [-0.25, -0.2) is 4.98 Å². The van der Waals surface area contributed by atoms with E-state index in [0.29, 0.717) is 29.1 Å². The van der Waals surface area contributed by atoms with Crippen LogP contribution in [0.4, 0.5) is 0 Å². The second-order valence-electron chi connectivity index (χ2n) is 5.64. The number of aromatic nitrogens is 2. The van der Waals surface area contributed by atoms with Crippen LogP contribution in [0.5, 0.6) is 11.5 Å². The van der Waals surface area contributed by atoms with Gasteiger partial charge in [0.15, 0.2) is 11.5 Å². The van der Waals surface area contributed by atoms with Crippen LogP contribution in [-0.2, 0) is 17.9 Å². The quantitative estimate of drug-likeness (QED) is 0.730. The number of hydrogen-bond donors (Lipinski definition) is 1. The highest BCUT2D eigenvalue weighted by molar-refractivity contribution is 5.79. The lowest BCUT2D eigenvalue weighted by Gasteiger charge is -2.12. The number of benzene rings is 2. The van der Waals surface area contributed by atoms with Gasteiger partial charge in [0.1, 0.15) is 6.54 Å². The zero-order valence-corrected chi connectivity index (χ0v) is 14.6. The Hall–Kier alpha value is -3.35. The molecule has 0 radical (unpaired) electrons. The smallest absolute Gasteiger partial charge is 0.269 e. The first-order valence-electron chi connectivity index (χ1n) is 8.04. The molecular formula is C19H19N3O4. The van der Waals surface area contributed by atoms with Crippen molar-refractivity contribution >= 4 is 16.9 Å². The number of hydrogen-bond acceptors (Lipinski definition) is 5. The van der Waals surface area contributed by atoms with E-state index in [2.05, 4.69) is 10.3 Å². The van der Waals surface area contributed by atoms with Crippen LogP contribution in [0.3, 0.4) is 0 Å². The number of rotatable bonds is 6. The van der Waals surface area contributed by atoms with E-state index >= 15 is 0 Å². The molecule has 1 heterocycles. The molecule has 0 fully saturated rings. The van der Waals surface area contributed by atoms with Gasteiger partial charge >= 0.3 is 0 Å². The van der Waals surface area contributed by atoms with Crippen molar-refractivity contribution in [2.45, 2.75) is 13.1 Å². The number of para-hydroxylation sites is 2. The minimum absolute atomic E-state index is 0.0742. The van der Waals surface area contributed by atoms with Gasteiger partial charge in [0.25, 0.3) is 5.56 Å². The van der Waals surface area contributed by atoms with Crippen molar-refractivity contribution in [3.63, 3.8) is 0 Å². The van der Waals surface area contributed by atoms with E-state index < -0.39 is 0 Å². The third-order valence-corrected chi connectivity index (χ3v) is 3.99. The fourth-order valence-electron chi connectivity index (χ4n) is 2.67. The summed E-state index contributed by atoms with van der Waals surface area (Å²) in [4.78, 5) is 28.5. The van der Waals surface area contributed by atoms with Gasteiger partial charge in [-0.3, -0.25) is 14.2 Å². The summed E-state index contributed by atoms with van der Waals surface area (Å²) in [6.45, 7) is 0.242. The lowest BCUT2D eigenvalue weighted by Crippen LogP contribution is -2.32. The molecule has 0 saturated heterocycles. The maximum Gasteiger partial charge on any atom is 0.269 e. The number of ether oxygens (including phenoxy) is 2. The molecule has 0 unspecified atom stereocenters. The van der Waals surface area contributed by atoms with Crippen molar-refractivity contribution in [2.75, 3.05) is 14.2 Å². The third kappa shape index (κ3) is 3.66. The third-order valence-electron chi connectivity index (χ3n) is 3.99. The molecule has 2 aromatic carbocycles. The highest BCUT2D eigenvalue weighted by Gasteiger charge is 2.10. The molecule has 0 spiro atoms. The Labute approximate surface area is 150 Å². The van der Waals surface area contributed by atoms with E-state index in [-0.39, 0.29) is 18.0 Å².